The Hall–Kier alpha value is -3.31. The van der Waals surface area contributed by atoms with Crippen LogP contribution in [0.1, 0.15) is 32.0 Å². The number of likely N-dealkylation sites (N-methyl/N-ethyl adjacent to an activating group) is 1. The van der Waals surface area contributed by atoms with Crippen molar-refractivity contribution in [2.45, 2.75) is 38.2 Å². The van der Waals surface area contributed by atoms with E-state index >= 15 is 0 Å². The summed E-state index contributed by atoms with van der Waals surface area (Å²) in [6, 6.07) is 12.0. The van der Waals surface area contributed by atoms with Crippen molar-refractivity contribution in [2.24, 2.45) is 5.92 Å². The van der Waals surface area contributed by atoms with Crippen molar-refractivity contribution < 1.29 is 26.9 Å². The number of halogens is 1. The fraction of sp³-hybridized carbons (Fsp3) is 0.348. The first-order chi connectivity index (χ1) is 16.1. The molecule has 0 aliphatic rings. The van der Waals surface area contributed by atoms with Gasteiger partial charge in [-0.15, -0.1) is 0 Å². The van der Waals surface area contributed by atoms with Crippen molar-refractivity contribution in [3.63, 3.8) is 0 Å². The second-order valence-electron chi connectivity index (χ2n) is 8.07. The van der Waals surface area contributed by atoms with Crippen LogP contribution in [0.25, 0.3) is 0 Å². The van der Waals surface area contributed by atoms with Crippen LogP contribution < -0.4 is 10.1 Å². The van der Waals surface area contributed by atoms with Crippen LogP contribution in [0.2, 0.25) is 0 Å². The van der Waals surface area contributed by atoms with Gasteiger partial charge in [0.2, 0.25) is 15.9 Å². The number of nitrogens with one attached hydrogen (secondary N) is 1. The molecule has 0 aliphatic heterocycles. The number of hydrogen-bond acceptors (Lipinski definition) is 7. The van der Waals surface area contributed by atoms with E-state index < -0.39 is 15.8 Å². The molecule has 1 aromatic heterocycles. The van der Waals surface area contributed by atoms with Crippen molar-refractivity contribution in [3.05, 3.63) is 66.1 Å². The van der Waals surface area contributed by atoms with Crippen LogP contribution in [-0.2, 0) is 27.8 Å². The average Bonchev–Trinajstić information content (AvgIpc) is 3.24. The molecule has 34 heavy (non-hydrogen) atoms. The number of carbonyl (C=O) groups excluding carboxylic acids is 1. The van der Waals surface area contributed by atoms with Gasteiger partial charge in [0.05, 0.1) is 4.90 Å². The summed E-state index contributed by atoms with van der Waals surface area (Å²) in [6.45, 7) is 3.89. The van der Waals surface area contributed by atoms with Crippen LogP contribution in [0.4, 0.5) is 10.1 Å². The minimum atomic E-state index is -3.75. The van der Waals surface area contributed by atoms with Crippen LogP contribution in [0.15, 0.2) is 57.9 Å². The third-order valence-corrected chi connectivity index (χ3v) is 6.66. The number of carbonyl (C=O) groups is 1. The first-order valence-electron chi connectivity index (χ1n) is 10.7. The molecule has 0 spiro atoms. The lowest BCUT2D eigenvalue weighted by molar-refractivity contribution is -0.116. The molecule has 0 unspecified atom stereocenters. The fourth-order valence-electron chi connectivity index (χ4n) is 3.00. The van der Waals surface area contributed by atoms with Gasteiger partial charge < -0.3 is 14.6 Å². The molecule has 1 heterocycles. The van der Waals surface area contributed by atoms with Gasteiger partial charge in [0, 0.05) is 32.1 Å². The van der Waals surface area contributed by atoms with E-state index in [-0.39, 0.29) is 47.9 Å². The molecule has 3 aromatic rings. The first kappa shape index (κ1) is 25.3. The van der Waals surface area contributed by atoms with E-state index in [2.05, 4.69) is 15.5 Å². The molecule has 2 aromatic carbocycles. The molecular formula is C23H27FN4O5S. The molecule has 11 heteroatoms. The van der Waals surface area contributed by atoms with Gasteiger partial charge in [0.1, 0.15) is 0 Å². The second kappa shape index (κ2) is 11.2. The number of ether oxygens (including phenoxy) is 1. The molecule has 0 fully saturated rings. The molecule has 0 atom stereocenters. The van der Waals surface area contributed by atoms with Crippen molar-refractivity contribution in [1.82, 2.24) is 14.4 Å². The molecule has 0 aliphatic carbocycles. The Morgan fingerprint density at radius 3 is 2.56 bits per heavy atom. The monoisotopic (exact) mass is 490 g/mol. The zero-order valence-corrected chi connectivity index (χ0v) is 20.0. The Balaban J connectivity index is 1.53. The Morgan fingerprint density at radius 1 is 1.18 bits per heavy atom. The highest BCUT2D eigenvalue weighted by molar-refractivity contribution is 7.89. The SMILES string of the molecule is CC(C)CC(=O)Nc1ccc(S(=O)(=O)N(C)CCc2noc(COc3ccccc3F)n2)cc1. The molecule has 182 valence electrons. The van der Waals surface area contributed by atoms with Gasteiger partial charge in [-0.1, -0.05) is 31.1 Å². The van der Waals surface area contributed by atoms with E-state index in [1.165, 1.54) is 35.6 Å². The summed E-state index contributed by atoms with van der Waals surface area (Å²) in [6.07, 6.45) is 0.595. The summed E-state index contributed by atoms with van der Waals surface area (Å²) in [5.41, 5.74) is 0.532. The maximum absolute atomic E-state index is 13.6. The number of para-hydroxylation sites is 1. The number of nitrogens with zero attached hydrogens (tertiary/aromatic N) is 3. The maximum atomic E-state index is 13.6. The maximum Gasteiger partial charge on any atom is 0.264 e. The Kier molecular flexibility index (Phi) is 8.35. The summed E-state index contributed by atoms with van der Waals surface area (Å²) in [5, 5.41) is 6.56. The highest BCUT2D eigenvalue weighted by Crippen LogP contribution is 2.19. The second-order valence-corrected chi connectivity index (χ2v) is 10.1. The molecule has 1 N–H and O–H groups in total. The highest BCUT2D eigenvalue weighted by atomic mass is 32.2. The van der Waals surface area contributed by atoms with E-state index in [4.69, 9.17) is 9.26 Å². The zero-order chi connectivity index (χ0) is 24.7. The van der Waals surface area contributed by atoms with E-state index in [1.54, 1.807) is 24.3 Å². The molecule has 3 rings (SSSR count). The smallest absolute Gasteiger partial charge is 0.264 e. The highest BCUT2D eigenvalue weighted by Gasteiger charge is 2.21. The van der Waals surface area contributed by atoms with Crippen molar-refractivity contribution >= 4 is 21.6 Å². The first-order valence-corrected chi connectivity index (χ1v) is 12.1. The van der Waals surface area contributed by atoms with Crippen LogP contribution in [0.5, 0.6) is 5.75 Å². The van der Waals surface area contributed by atoms with Crippen LogP contribution in [0, 0.1) is 11.7 Å². The quantitative estimate of drug-likeness (QED) is 0.436. The third-order valence-electron chi connectivity index (χ3n) is 4.79. The average molecular weight is 491 g/mol. The van der Waals surface area contributed by atoms with Gasteiger partial charge in [-0.3, -0.25) is 4.79 Å². The third kappa shape index (κ3) is 6.84. The van der Waals surface area contributed by atoms with Gasteiger partial charge in [-0.2, -0.15) is 4.98 Å². The predicted octanol–water partition coefficient (Wildman–Crippen LogP) is 3.64. The molecule has 0 bridgehead atoms. The lowest BCUT2D eigenvalue weighted by Gasteiger charge is -2.16. The van der Waals surface area contributed by atoms with Gasteiger partial charge in [-0.25, -0.2) is 17.1 Å². The summed E-state index contributed by atoms with van der Waals surface area (Å²) in [5.74, 6) is 0.124. The summed E-state index contributed by atoms with van der Waals surface area (Å²) >= 11 is 0. The summed E-state index contributed by atoms with van der Waals surface area (Å²) < 4.78 is 50.9. The predicted molar refractivity (Wildman–Crippen MR) is 123 cm³/mol. The summed E-state index contributed by atoms with van der Waals surface area (Å²) in [7, 11) is -2.30. The van der Waals surface area contributed by atoms with Gasteiger partial charge in [-0.05, 0) is 42.3 Å². The molecule has 1 amide bonds. The van der Waals surface area contributed by atoms with Gasteiger partial charge >= 0.3 is 0 Å². The normalized spacial score (nSPS) is 11.7. The number of benzene rings is 2. The molecule has 0 radical (unpaired) electrons. The molecular weight excluding hydrogens is 463 g/mol. The standard InChI is InChI=1S/C23H27FN4O5S/c1-16(2)14-22(29)25-17-8-10-18(11-9-17)34(30,31)28(3)13-12-21-26-23(33-27-21)15-32-20-7-5-4-6-19(20)24/h4-11,16H,12-15H2,1-3H3,(H,25,29). The van der Waals surface area contributed by atoms with Crippen LogP contribution >= 0.6 is 0 Å². The minimum Gasteiger partial charge on any atom is -0.481 e. The number of aromatic nitrogens is 2. The molecule has 0 saturated heterocycles. The van der Waals surface area contributed by atoms with E-state index in [0.717, 1.165) is 0 Å². The number of anilines is 1. The minimum absolute atomic E-state index is 0.0681. The lowest BCUT2D eigenvalue weighted by atomic mass is 10.1. The lowest BCUT2D eigenvalue weighted by Crippen LogP contribution is -2.29. The number of amides is 1. The number of rotatable bonds is 11. The van der Waals surface area contributed by atoms with E-state index in [1.807, 2.05) is 13.8 Å². The van der Waals surface area contributed by atoms with Gasteiger partial charge in [0.15, 0.2) is 24.0 Å². The van der Waals surface area contributed by atoms with Crippen molar-refractivity contribution in [3.8, 4) is 5.75 Å². The largest absolute Gasteiger partial charge is 0.481 e. The van der Waals surface area contributed by atoms with Gasteiger partial charge in [0.25, 0.3) is 5.89 Å². The van der Waals surface area contributed by atoms with E-state index in [0.29, 0.717) is 17.9 Å². The van der Waals surface area contributed by atoms with Crippen molar-refractivity contribution in [2.75, 3.05) is 18.9 Å². The summed E-state index contributed by atoms with van der Waals surface area (Å²) in [4.78, 5) is 16.1. The van der Waals surface area contributed by atoms with E-state index in [9.17, 15) is 17.6 Å². The Bertz CT molecular complexity index is 1210. The Labute approximate surface area is 198 Å². The van der Waals surface area contributed by atoms with Crippen LogP contribution in [-0.4, -0.2) is 42.4 Å². The van der Waals surface area contributed by atoms with Crippen LogP contribution in [0.3, 0.4) is 0 Å². The molecule has 0 saturated carbocycles. The van der Waals surface area contributed by atoms with Crippen molar-refractivity contribution in [1.29, 1.82) is 0 Å². The number of hydrogen-bond donors (Lipinski definition) is 1. The number of sulfonamides is 1. The zero-order valence-electron chi connectivity index (χ0n) is 19.2. The fourth-order valence-corrected chi connectivity index (χ4v) is 4.17. The molecule has 9 nitrogen and oxygen atoms in total. The topological polar surface area (TPSA) is 115 Å². The Morgan fingerprint density at radius 2 is 1.88 bits per heavy atom.